The smallest absolute Gasteiger partial charge is 0.243 e. The van der Waals surface area contributed by atoms with Crippen LogP contribution in [0.1, 0.15) is 38.0 Å². The third kappa shape index (κ3) is 3.20. The molecule has 1 atom stereocenters. The topological polar surface area (TPSA) is 74.2 Å². The van der Waals surface area contributed by atoms with Crippen LogP contribution in [0.4, 0.5) is 0 Å². The standard InChI is InChI=1S/C10H19N3O2S/c1-10(2,14-3)9-12-8(15-13-9)7(11)5-6-16-4/h7H,5-6,11H2,1-4H3/t7-/m1/s1. The summed E-state index contributed by atoms with van der Waals surface area (Å²) in [7, 11) is 1.61. The second-order valence-corrected chi connectivity index (χ2v) is 5.04. The minimum absolute atomic E-state index is 0.193. The number of methoxy groups -OCH3 is 1. The van der Waals surface area contributed by atoms with Gasteiger partial charge < -0.3 is 15.0 Å². The quantitative estimate of drug-likeness (QED) is 0.822. The highest BCUT2D eigenvalue weighted by Crippen LogP contribution is 2.22. The Bertz CT molecular complexity index is 328. The number of hydrogen-bond donors (Lipinski definition) is 1. The van der Waals surface area contributed by atoms with E-state index in [0.717, 1.165) is 12.2 Å². The van der Waals surface area contributed by atoms with Gasteiger partial charge in [-0.25, -0.2) is 0 Å². The second-order valence-electron chi connectivity index (χ2n) is 4.06. The van der Waals surface area contributed by atoms with Gasteiger partial charge in [-0.3, -0.25) is 0 Å². The average molecular weight is 245 g/mol. The molecular weight excluding hydrogens is 226 g/mol. The summed E-state index contributed by atoms with van der Waals surface area (Å²) in [5.74, 6) is 1.99. The van der Waals surface area contributed by atoms with Crippen LogP contribution < -0.4 is 5.73 Å². The summed E-state index contributed by atoms with van der Waals surface area (Å²) in [6.45, 7) is 3.77. The summed E-state index contributed by atoms with van der Waals surface area (Å²) >= 11 is 1.75. The normalized spacial score (nSPS) is 14.1. The summed E-state index contributed by atoms with van der Waals surface area (Å²) in [6.07, 6.45) is 2.87. The zero-order chi connectivity index (χ0) is 12.2. The molecule has 1 rings (SSSR count). The second kappa shape index (κ2) is 5.65. The molecular formula is C10H19N3O2S. The third-order valence-corrected chi connectivity index (χ3v) is 3.08. The van der Waals surface area contributed by atoms with Gasteiger partial charge in [0.05, 0.1) is 6.04 Å². The molecule has 6 heteroatoms. The van der Waals surface area contributed by atoms with Crippen LogP contribution in [0.2, 0.25) is 0 Å². The Kier molecular flexibility index (Phi) is 4.76. The van der Waals surface area contributed by atoms with E-state index in [-0.39, 0.29) is 6.04 Å². The molecule has 0 radical (unpaired) electrons. The van der Waals surface area contributed by atoms with E-state index in [9.17, 15) is 0 Å². The zero-order valence-corrected chi connectivity index (χ0v) is 11.0. The van der Waals surface area contributed by atoms with Crippen LogP contribution >= 0.6 is 11.8 Å². The highest BCUT2D eigenvalue weighted by atomic mass is 32.2. The molecule has 92 valence electrons. The SMILES string of the molecule is COC(C)(C)c1noc([C@H](N)CCSC)n1. The van der Waals surface area contributed by atoms with Crippen molar-refractivity contribution in [1.29, 1.82) is 0 Å². The van der Waals surface area contributed by atoms with Crippen molar-refractivity contribution in [2.75, 3.05) is 19.1 Å². The van der Waals surface area contributed by atoms with Crippen LogP contribution in [0.5, 0.6) is 0 Å². The Hall–Kier alpha value is -0.590. The van der Waals surface area contributed by atoms with E-state index in [2.05, 4.69) is 10.1 Å². The molecule has 5 nitrogen and oxygen atoms in total. The fraction of sp³-hybridized carbons (Fsp3) is 0.800. The van der Waals surface area contributed by atoms with Crippen molar-refractivity contribution in [1.82, 2.24) is 10.1 Å². The van der Waals surface area contributed by atoms with Gasteiger partial charge in [0, 0.05) is 7.11 Å². The predicted molar refractivity (Wildman–Crippen MR) is 64.3 cm³/mol. The Labute approximate surface area is 100 Å². The number of rotatable bonds is 6. The molecule has 16 heavy (non-hydrogen) atoms. The fourth-order valence-corrected chi connectivity index (χ4v) is 1.58. The first-order valence-electron chi connectivity index (χ1n) is 5.15. The first-order valence-corrected chi connectivity index (χ1v) is 6.54. The summed E-state index contributed by atoms with van der Waals surface area (Å²) in [5, 5.41) is 3.89. The van der Waals surface area contributed by atoms with Gasteiger partial charge in [0.25, 0.3) is 0 Å². The van der Waals surface area contributed by atoms with Crippen molar-refractivity contribution in [3.63, 3.8) is 0 Å². The molecule has 0 spiro atoms. The van der Waals surface area contributed by atoms with Crippen molar-refractivity contribution >= 4 is 11.8 Å². The van der Waals surface area contributed by atoms with Crippen LogP contribution in [-0.4, -0.2) is 29.3 Å². The van der Waals surface area contributed by atoms with E-state index in [1.165, 1.54) is 0 Å². The largest absolute Gasteiger partial charge is 0.371 e. The molecule has 0 aliphatic carbocycles. The van der Waals surface area contributed by atoms with Gasteiger partial charge >= 0.3 is 0 Å². The molecule has 2 N–H and O–H groups in total. The third-order valence-electron chi connectivity index (χ3n) is 2.44. The highest BCUT2D eigenvalue weighted by molar-refractivity contribution is 7.98. The summed E-state index contributed by atoms with van der Waals surface area (Å²) < 4.78 is 10.4. The van der Waals surface area contributed by atoms with E-state index in [0.29, 0.717) is 11.7 Å². The molecule has 0 saturated carbocycles. The lowest BCUT2D eigenvalue weighted by Crippen LogP contribution is -2.21. The van der Waals surface area contributed by atoms with Crippen molar-refractivity contribution in [3.05, 3.63) is 11.7 Å². The predicted octanol–water partition coefficient (Wildman–Crippen LogP) is 1.70. The van der Waals surface area contributed by atoms with Crippen LogP contribution in [0.25, 0.3) is 0 Å². The summed E-state index contributed by atoms with van der Waals surface area (Å²) in [4.78, 5) is 4.27. The number of ether oxygens (including phenoxy) is 1. The monoisotopic (exact) mass is 245 g/mol. The first-order chi connectivity index (χ1) is 7.51. The Morgan fingerprint density at radius 3 is 2.81 bits per heavy atom. The maximum atomic E-state index is 5.93. The van der Waals surface area contributed by atoms with E-state index >= 15 is 0 Å². The number of nitrogens with zero attached hydrogens (tertiary/aromatic N) is 2. The highest BCUT2D eigenvalue weighted by Gasteiger charge is 2.27. The molecule has 0 aromatic carbocycles. The van der Waals surface area contributed by atoms with E-state index < -0.39 is 5.60 Å². The summed E-state index contributed by atoms with van der Waals surface area (Å²) in [5.41, 5.74) is 5.39. The van der Waals surface area contributed by atoms with Crippen LogP contribution in [0, 0.1) is 0 Å². The lowest BCUT2D eigenvalue weighted by molar-refractivity contribution is 0.00973. The fourth-order valence-electron chi connectivity index (χ4n) is 1.09. The van der Waals surface area contributed by atoms with Gasteiger partial charge in [0.2, 0.25) is 11.7 Å². The maximum Gasteiger partial charge on any atom is 0.243 e. The molecule has 1 aromatic rings. The van der Waals surface area contributed by atoms with E-state index in [1.807, 2.05) is 20.1 Å². The zero-order valence-electron chi connectivity index (χ0n) is 10.2. The molecule has 1 aromatic heterocycles. The van der Waals surface area contributed by atoms with Crippen LogP contribution in [0.3, 0.4) is 0 Å². The number of hydrogen-bond acceptors (Lipinski definition) is 6. The van der Waals surface area contributed by atoms with Crippen molar-refractivity contribution in [2.45, 2.75) is 31.9 Å². The minimum atomic E-state index is -0.541. The van der Waals surface area contributed by atoms with Gasteiger partial charge in [-0.1, -0.05) is 5.16 Å². The van der Waals surface area contributed by atoms with Gasteiger partial charge in [-0.05, 0) is 32.3 Å². The molecule has 0 bridgehead atoms. The number of nitrogens with two attached hydrogens (primary N) is 1. The van der Waals surface area contributed by atoms with Crippen LogP contribution in [-0.2, 0) is 10.3 Å². The number of aromatic nitrogens is 2. The number of thioether (sulfide) groups is 1. The van der Waals surface area contributed by atoms with E-state index in [4.69, 9.17) is 15.0 Å². The maximum absolute atomic E-state index is 5.93. The Morgan fingerprint density at radius 1 is 1.56 bits per heavy atom. The lowest BCUT2D eigenvalue weighted by atomic mass is 10.1. The lowest BCUT2D eigenvalue weighted by Gasteiger charge is -2.17. The van der Waals surface area contributed by atoms with Gasteiger partial charge in [-0.15, -0.1) is 0 Å². The van der Waals surface area contributed by atoms with Gasteiger partial charge in [0.1, 0.15) is 5.60 Å². The van der Waals surface area contributed by atoms with Crippen molar-refractivity contribution < 1.29 is 9.26 Å². The Balaban J connectivity index is 2.71. The van der Waals surface area contributed by atoms with E-state index in [1.54, 1.807) is 18.9 Å². The van der Waals surface area contributed by atoms with Gasteiger partial charge in [-0.2, -0.15) is 16.7 Å². The molecule has 0 fully saturated rings. The molecule has 0 unspecified atom stereocenters. The first kappa shape index (κ1) is 13.5. The molecule has 1 heterocycles. The van der Waals surface area contributed by atoms with Crippen molar-refractivity contribution in [3.8, 4) is 0 Å². The molecule has 0 saturated heterocycles. The van der Waals surface area contributed by atoms with Crippen LogP contribution in [0.15, 0.2) is 4.52 Å². The minimum Gasteiger partial charge on any atom is -0.371 e. The molecule has 0 amide bonds. The molecule has 0 aliphatic rings. The van der Waals surface area contributed by atoms with Crippen molar-refractivity contribution in [2.24, 2.45) is 5.73 Å². The summed E-state index contributed by atoms with van der Waals surface area (Å²) in [6, 6.07) is -0.193. The van der Waals surface area contributed by atoms with Gasteiger partial charge in [0.15, 0.2) is 0 Å². The Morgan fingerprint density at radius 2 is 2.25 bits per heavy atom. The molecule has 0 aliphatic heterocycles. The average Bonchev–Trinajstić information content (AvgIpc) is 2.75.